The van der Waals surface area contributed by atoms with Crippen LogP contribution in [0.25, 0.3) is 0 Å². The minimum atomic E-state index is -0.171. The molecule has 1 amide bonds. The van der Waals surface area contributed by atoms with E-state index in [1.807, 2.05) is 18.2 Å². The van der Waals surface area contributed by atoms with Gasteiger partial charge in [0.05, 0.1) is 11.4 Å². The van der Waals surface area contributed by atoms with E-state index in [0.29, 0.717) is 33.8 Å². The van der Waals surface area contributed by atoms with E-state index in [0.717, 1.165) is 43.7 Å². The van der Waals surface area contributed by atoms with E-state index in [2.05, 4.69) is 65.5 Å². The van der Waals surface area contributed by atoms with E-state index < -0.39 is 0 Å². The highest BCUT2D eigenvalue weighted by molar-refractivity contribution is 7.10. The van der Waals surface area contributed by atoms with Crippen molar-refractivity contribution in [3.63, 3.8) is 0 Å². The smallest absolute Gasteiger partial charge is 0.221 e. The van der Waals surface area contributed by atoms with Gasteiger partial charge in [-0.2, -0.15) is 9.64 Å². The highest BCUT2D eigenvalue weighted by atomic mass is 32.1. The first-order valence-electron chi connectivity index (χ1n) is 11.2. The van der Waals surface area contributed by atoms with Crippen molar-refractivity contribution >= 4 is 39.5 Å². The fourth-order valence-corrected chi connectivity index (χ4v) is 4.08. The van der Waals surface area contributed by atoms with Gasteiger partial charge in [-0.25, -0.2) is 0 Å². The van der Waals surface area contributed by atoms with Gasteiger partial charge in [-0.15, -0.1) is 10.2 Å². The van der Waals surface area contributed by atoms with E-state index in [-0.39, 0.29) is 5.91 Å². The molecule has 0 aliphatic heterocycles. The van der Waals surface area contributed by atoms with Crippen molar-refractivity contribution in [2.24, 2.45) is 22.1 Å². The minimum absolute atomic E-state index is 0.171. The molecule has 1 aromatic heterocycles. The monoisotopic (exact) mass is 454 g/mol. The molecule has 0 saturated carbocycles. The summed E-state index contributed by atoms with van der Waals surface area (Å²) in [5.41, 5.74) is 3.46. The summed E-state index contributed by atoms with van der Waals surface area (Å²) in [6, 6.07) is 8.04. The molecule has 0 fully saturated rings. The number of nitrogens with zero attached hydrogens (tertiary/aromatic N) is 5. The number of amides is 1. The summed E-state index contributed by atoms with van der Waals surface area (Å²) >= 11 is 1.18. The summed E-state index contributed by atoms with van der Waals surface area (Å²) in [5, 5.41) is 21.6. The Morgan fingerprint density at radius 3 is 2.47 bits per heavy atom. The first-order valence-corrected chi connectivity index (χ1v) is 12.0. The van der Waals surface area contributed by atoms with Gasteiger partial charge < -0.3 is 10.2 Å². The van der Waals surface area contributed by atoms with Crippen LogP contribution in [-0.2, 0) is 11.2 Å². The van der Waals surface area contributed by atoms with Crippen LogP contribution in [0.3, 0.4) is 0 Å². The molecule has 1 N–H and O–H groups in total. The molecule has 0 atom stereocenters. The van der Waals surface area contributed by atoms with Gasteiger partial charge in [0, 0.05) is 25.7 Å². The van der Waals surface area contributed by atoms with E-state index in [4.69, 9.17) is 0 Å². The number of benzene rings is 1. The first-order chi connectivity index (χ1) is 15.2. The zero-order chi connectivity index (χ0) is 23.7. The summed E-state index contributed by atoms with van der Waals surface area (Å²) in [6.07, 6.45) is 2.78. The van der Waals surface area contributed by atoms with E-state index in [9.17, 15) is 10.1 Å². The van der Waals surface area contributed by atoms with Gasteiger partial charge in [0.2, 0.25) is 5.91 Å². The average molecular weight is 455 g/mol. The van der Waals surface area contributed by atoms with Gasteiger partial charge in [0.1, 0.15) is 17.3 Å². The Labute approximate surface area is 195 Å². The molecule has 0 unspecified atom stereocenters. The number of rotatable bonds is 11. The molecule has 0 aliphatic rings. The Morgan fingerprint density at radius 1 is 1.22 bits per heavy atom. The lowest BCUT2D eigenvalue weighted by atomic mass is 10.1. The maximum Gasteiger partial charge on any atom is 0.221 e. The van der Waals surface area contributed by atoms with E-state index in [1.165, 1.54) is 18.5 Å². The average Bonchev–Trinajstić information content (AvgIpc) is 3.11. The molecule has 32 heavy (non-hydrogen) atoms. The topological polar surface area (TPSA) is 93.7 Å². The predicted octanol–water partition coefficient (Wildman–Crippen LogP) is 6.85. The van der Waals surface area contributed by atoms with Crippen molar-refractivity contribution in [1.82, 2.24) is 4.37 Å². The normalized spacial score (nSPS) is 11.3. The molecule has 1 aromatic carbocycles. The molecule has 2 aromatic rings. The summed E-state index contributed by atoms with van der Waals surface area (Å²) in [4.78, 5) is 14.2. The molecule has 0 radical (unpaired) electrons. The van der Waals surface area contributed by atoms with Crippen LogP contribution < -0.4 is 10.2 Å². The third-order valence-corrected chi connectivity index (χ3v) is 5.47. The largest absolute Gasteiger partial charge is 0.371 e. The number of azo groups is 1. The Balaban J connectivity index is 2.38. The van der Waals surface area contributed by atoms with Crippen LogP contribution in [0.15, 0.2) is 28.4 Å². The van der Waals surface area contributed by atoms with Crippen LogP contribution in [-0.4, -0.2) is 23.4 Å². The maximum absolute atomic E-state index is 11.8. The van der Waals surface area contributed by atoms with Crippen molar-refractivity contribution in [3.05, 3.63) is 29.5 Å². The van der Waals surface area contributed by atoms with Gasteiger partial charge in [-0.1, -0.05) is 41.0 Å². The lowest BCUT2D eigenvalue weighted by Gasteiger charge is -2.29. The Bertz CT molecular complexity index is 963. The van der Waals surface area contributed by atoms with Crippen molar-refractivity contribution in [1.29, 1.82) is 5.26 Å². The van der Waals surface area contributed by atoms with Crippen LogP contribution in [0.2, 0.25) is 0 Å². The lowest BCUT2D eigenvalue weighted by Crippen LogP contribution is -2.31. The van der Waals surface area contributed by atoms with Crippen molar-refractivity contribution in [3.8, 4) is 6.07 Å². The van der Waals surface area contributed by atoms with Crippen molar-refractivity contribution in [2.75, 3.05) is 23.3 Å². The molecule has 1 heterocycles. The van der Waals surface area contributed by atoms with Gasteiger partial charge in [0.15, 0.2) is 5.00 Å². The molecule has 0 aliphatic carbocycles. The molecule has 172 valence electrons. The van der Waals surface area contributed by atoms with Crippen LogP contribution in [0, 0.1) is 23.2 Å². The van der Waals surface area contributed by atoms with Gasteiger partial charge in [-0.3, -0.25) is 4.79 Å². The molecule has 2 rings (SSSR count). The summed E-state index contributed by atoms with van der Waals surface area (Å²) in [5.74, 6) is 0.847. The third kappa shape index (κ3) is 7.41. The zero-order valence-electron chi connectivity index (χ0n) is 20.0. The summed E-state index contributed by atoms with van der Waals surface area (Å²) in [7, 11) is 0. The van der Waals surface area contributed by atoms with Crippen LogP contribution in [0.5, 0.6) is 0 Å². The second-order valence-electron chi connectivity index (χ2n) is 8.80. The van der Waals surface area contributed by atoms with Crippen LogP contribution >= 0.6 is 11.5 Å². The number of carbonyl (C=O) groups excluding carboxylic acids is 1. The number of nitrogens with one attached hydrogen (secondary N) is 1. The number of nitriles is 1. The third-order valence-electron chi connectivity index (χ3n) is 4.70. The molecular weight excluding hydrogens is 420 g/mol. The number of hydrogen-bond donors (Lipinski definition) is 1. The maximum atomic E-state index is 11.8. The fraction of sp³-hybridized carbons (Fsp3) is 0.542. The van der Waals surface area contributed by atoms with Crippen LogP contribution in [0.1, 0.15) is 65.6 Å². The Hall–Kier alpha value is -2.79. The first kappa shape index (κ1) is 25.5. The molecule has 0 bridgehead atoms. The van der Waals surface area contributed by atoms with Crippen molar-refractivity contribution in [2.45, 2.75) is 60.8 Å². The second-order valence-corrected chi connectivity index (χ2v) is 9.55. The number of carbonyl (C=O) groups is 1. The fourth-order valence-electron chi connectivity index (χ4n) is 3.37. The summed E-state index contributed by atoms with van der Waals surface area (Å²) in [6.45, 7) is 14.2. The minimum Gasteiger partial charge on any atom is -0.371 e. The standard InChI is InChI=1S/C24H34N6OS/c1-7-8-9-21-20(13-25)24(32-29-21)28-27-22-11-10-19(12-23(22)26-18(6)31)30(14-16(2)3)15-17(4)5/h10-12,16-17H,7-9,14-15H2,1-6H3,(H,26,31)/b28-27+. The van der Waals surface area contributed by atoms with E-state index >= 15 is 0 Å². The quantitative estimate of drug-likeness (QED) is 0.376. The van der Waals surface area contributed by atoms with Crippen molar-refractivity contribution < 1.29 is 4.79 Å². The second kappa shape index (κ2) is 12.3. The highest BCUT2D eigenvalue weighted by Gasteiger charge is 2.15. The predicted molar refractivity (Wildman–Crippen MR) is 132 cm³/mol. The van der Waals surface area contributed by atoms with Gasteiger partial charge in [-0.05, 0) is 54.4 Å². The van der Waals surface area contributed by atoms with E-state index in [1.54, 1.807) is 0 Å². The SMILES string of the molecule is CCCCc1nsc(/N=N/c2ccc(N(CC(C)C)CC(C)C)cc2NC(C)=O)c1C#N. The molecule has 0 spiro atoms. The van der Waals surface area contributed by atoms with Gasteiger partial charge in [0.25, 0.3) is 0 Å². The molecule has 0 saturated heterocycles. The van der Waals surface area contributed by atoms with Crippen LogP contribution in [0.4, 0.5) is 22.1 Å². The number of unbranched alkanes of at least 4 members (excludes halogenated alkanes) is 1. The molecular formula is C24H34N6OS. The Kier molecular flexibility index (Phi) is 9.79. The zero-order valence-corrected chi connectivity index (χ0v) is 20.8. The van der Waals surface area contributed by atoms with Gasteiger partial charge >= 0.3 is 0 Å². The number of anilines is 2. The number of aryl methyl sites for hydroxylation is 1. The highest BCUT2D eigenvalue weighted by Crippen LogP contribution is 2.34. The number of aromatic nitrogens is 1. The molecule has 7 nitrogen and oxygen atoms in total. The number of hydrogen-bond acceptors (Lipinski definition) is 7. The lowest BCUT2D eigenvalue weighted by molar-refractivity contribution is -0.114. The Morgan fingerprint density at radius 2 is 1.91 bits per heavy atom. The molecule has 8 heteroatoms. The summed E-state index contributed by atoms with van der Waals surface area (Å²) < 4.78 is 4.39.